The SMILES string of the molecule is COc1cc(O)c2c(c1-c1c(OC)cc(O)c3c1C(=O)C1=C(C3=O)[C@H](O)[C@@H](OC(C)=O)[C@@](C)(O)[C@@H]1O)C(=O)C1=C(C2=O)[C@H](O)[C@@H](O)[C@@](C)(O)[C@@H]1O. The number of benzene rings is 2. The number of methoxy groups -OCH3 is 2. The number of hydrogen-bond acceptors (Lipinski definition) is 17. The largest absolute Gasteiger partial charge is 0.507 e. The van der Waals surface area contributed by atoms with Crippen molar-refractivity contribution in [3.05, 3.63) is 56.7 Å². The fraction of sp³-hybridized carbons (Fsp3) is 0.382. The first-order valence-corrected chi connectivity index (χ1v) is 15.3. The molecule has 0 saturated heterocycles. The summed E-state index contributed by atoms with van der Waals surface area (Å²) >= 11 is 0. The van der Waals surface area contributed by atoms with Gasteiger partial charge in [0.1, 0.15) is 64.7 Å². The number of Topliss-reactive ketones (excluding diaryl/α,β-unsaturated/α-hetero) is 4. The quantitative estimate of drug-likeness (QED) is 0.161. The molecule has 4 aliphatic rings. The molecule has 4 aliphatic carbocycles. The van der Waals surface area contributed by atoms with Crippen LogP contribution in [0.25, 0.3) is 11.1 Å². The van der Waals surface area contributed by atoms with Gasteiger partial charge in [0.2, 0.25) is 0 Å². The fourth-order valence-electron chi connectivity index (χ4n) is 7.39. The molecule has 9 N–H and O–H groups in total. The topological polar surface area (TPSA) is 295 Å². The molecule has 0 radical (unpaired) electrons. The molecule has 8 atom stereocenters. The minimum Gasteiger partial charge on any atom is -0.507 e. The third-order valence-corrected chi connectivity index (χ3v) is 10.00. The van der Waals surface area contributed by atoms with E-state index in [0.29, 0.717) is 0 Å². The van der Waals surface area contributed by atoms with Crippen molar-refractivity contribution in [2.75, 3.05) is 14.2 Å². The lowest BCUT2D eigenvalue weighted by molar-refractivity contribution is -0.191. The summed E-state index contributed by atoms with van der Waals surface area (Å²) in [5, 5.41) is 99.2. The van der Waals surface area contributed by atoms with Crippen molar-refractivity contribution in [3.63, 3.8) is 0 Å². The van der Waals surface area contributed by atoms with Crippen LogP contribution in [0.4, 0.5) is 0 Å². The maximum absolute atomic E-state index is 14.6. The Balaban J connectivity index is 1.71. The number of fused-ring (bicyclic) bond motifs is 2. The Morgan fingerprint density at radius 2 is 0.980 bits per heavy atom. The van der Waals surface area contributed by atoms with Gasteiger partial charge in [0.25, 0.3) is 0 Å². The van der Waals surface area contributed by atoms with Crippen molar-refractivity contribution >= 4 is 29.1 Å². The zero-order chi connectivity index (χ0) is 38.0. The van der Waals surface area contributed by atoms with Gasteiger partial charge in [-0.05, 0) is 13.8 Å². The van der Waals surface area contributed by atoms with E-state index in [4.69, 9.17) is 14.2 Å². The average molecular weight is 713 g/mol. The number of ether oxygens (including phenoxy) is 3. The second-order valence-corrected chi connectivity index (χ2v) is 13.0. The molecule has 0 fully saturated rings. The summed E-state index contributed by atoms with van der Waals surface area (Å²) in [5.41, 5.74) is -12.9. The van der Waals surface area contributed by atoms with E-state index in [1.54, 1.807) is 0 Å². The predicted molar refractivity (Wildman–Crippen MR) is 167 cm³/mol. The zero-order valence-corrected chi connectivity index (χ0v) is 27.4. The molecule has 0 aliphatic heterocycles. The van der Waals surface area contributed by atoms with Crippen LogP contribution in [0.3, 0.4) is 0 Å². The summed E-state index contributed by atoms with van der Waals surface area (Å²) in [7, 11) is 2.12. The van der Waals surface area contributed by atoms with Gasteiger partial charge in [-0.25, -0.2) is 0 Å². The van der Waals surface area contributed by atoms with Crippen LogP contribution in [-0.2, 0) is 9.53 Å². The molecule has 6 rings (SSSR count). The highest BCUT2D eigenvalue weighted by atomic mass is 16.6. The smallest absolute Gasteiger partial charge is 0.303 e. The van der Waals surface area contributed by atoms with Crippen LogP contribution in [-0.4, -0.2) is 137 Å². The Labute approximate surface area is 286 Å². The highest BCUT2D eigenvalue weighted by Gasteiger charge is 2.59. The van der Waals surface area contributed by atoms with Gasteiger partial charge in [-0.2, -0.15) is 0 Å². The van der Waals surface area contributed by atoms with E-state index in [1.807, 2.05) is 0 Å². The molecule has 0 unspecified atom stereocenters. The maximum atomic E-state index is 14.6. The van der Waals surface area contributed by atoms with Gasteiger partial charge in [0.15, 0.2) is 29.2 Å². The predicted octanol–water partition coefficient (Wildman–Crippen LogP) is -1.60. The van der Waals surface area contributed by atoms with Gasteiger partial charge in [-0.3, -0.25) is 24.0 Å². The van der Waals surface area contributed by atoms with Crippen LogP contribution >= 0.6 is 0 Å². The summed E-state index contributed by atoms with van der Waals surface area (Å²) in [6.45, 7) is 2.76. The van der Waals surface area contributed by atoms with E-state index >= 15 is 0 Å². The molecule has 51 heavy (non-hydrogen) atoms. The minimum absolute atomic E-state index is 0.452. The first kappa shape index (κ1) is 35.8. The third kappa shape index (κ3) is 4.56. The number of ketones is 4. The summed E-state index contributed by atoms with van der Waals surface area (Å²) in [6.07, 6.45) is -13.2. The summed E-state index contributed by atoms with van der Waals surface area (Å²) < 4.78 is 15.9. The molecule has 0 heterocycles. The molecule has 2 aromatic rings. The molecule has 0 amide bonds. The Hall–Kier alpha value is -5.01. The Kier molecular flexibility index (Phi) is 8.08. The number of aliphatic hydroxyl groups excluding tert-OH is 5. The number of rotatable bonds is 4. The minimum atomic E-state index is -2.59. The van der Waals surface area contributed by atoms with Crippen LogP contribution in [0.1, 0.15) is 62.2 Å². The van der Waals surface area contributed by atoms with Gasteiger partial charge < -0.3 is 60.2 Å². The molecule has 0 saturated carbocycles. The number of phenols is 2. The van der Waals surface area contributed by atoms with E-state index in [2.05, 4.69) is 0 Å². The second-order valence-electron chi connectivity index (χ2n) is 13.0. The van der Waals surface area contributed by atoms with Crippen LogP contribution in [0.15, 0.2) is 34.4 Å². The van der Waals surface area contributed by atoms with Crippen molar-refractivity contribution in [3.8, 4) is 34.1 Å². The number of phenolic OH excluding ortho intramolecular Hbond substituents is 2. The van der Waals surface area contributed by atoms with Crippen LogP contribution in [0, 0.1) is 0 Å². The first-order valence-electron chi connectivity index (χ1n) is 15.3. The fourth-order valence-corrected chi connectivity index (χ4v) is 7.39. The van der Waals surface area contributed by atoms with Gasteiger partial charge in [0, 0.05) is 63.6 Å². The average Bonchev–Trinajstić information content (AvgIpc) is 3.06. The Morgan fingerprint density at radius 1 is 0.608 bits per heavy atom. The first-order chi connectivity index (χ1) is 23.7. The van der Waals surface area contributed by atoms with Crippen LogP contribution < -0.4 is 9.47 Å². The number of aliphatic hydroxyl groups is 7. The Bertz CT molecular complexity index is 2070. The number of hydrogen-bond donors (Lipinski definition) is 9. The highest BCUT2D eigenvalue weighted by molar-refractivity contribution is 6.34. The van der Waals surface area contributed by atoms with Crippen molar-refractivity contribution in [1.82, 2.24) is 0 Å². The van der Waals surface area contributed by atoms with Crippen molar-refractivity contribution in [1.29, 1.82) is 0 Å². The lowest BCUT2D eigenvalue weighted by Gasteiger charge is -2.45. The molecule has 0 spiro atoms. The summed E-state index contributed by atoms with van der Waals surface area (Å²) in [5.74, 6) is -8.91. The van der Waals surface area contributed by atoms with Crippen molar-refractivity contribution < 1.29 is 84.1 Å². The van der Waals surface area contributed by atoms with E-state index in [-0.39, 0.29) is 0 Å². The molecular formula is C34H32O17. The molecule has 2 aromatic carbocycles. The zero-order valence-electron chi connectivity index (χ0n) is 27.4. The van der Waals surface area contributed by atoms with E-state index in [9.17, 15) is 69.9 Å². The number of carbonyl (C=O) groups excluding carboxylic acids is 5. The molecule has 0 aromatic heterocycles. The second kappa shape index (κ2) is 11.5. The molecule has 0 bridgehead atoms. The van der Waals surface area contributed by atoms with Gasteiger partial charge in [-0.15, -0.1) is 0 Å². The van der Waals surface area contributed by atoms with E-state index in [1.165, 1.54) is 0 Å². The van der Waals surface area contributed by atoms with Crippen molar-refractivity contribution in [2.24, 2.45) is 0 Å². The van der Waals surface area contributed by atoms with E-state index < -0.39 is 156 Å². The number of carbonyl (C=O) groups is 5. The van der Waals surface area contributed by atoms with E-state index in [0.717, 1.165) is 47.1 Å². The van der Waals surface area contributed by atoms with Gasteiger partial charge >= 0.3 is 5.97 Å². The lowest BCUT2D eigenvalue weighted by Crippen LogP contribution is -2.63. The normalized spacial score (nSPS) is 31.5. The summed E-state index contributed by atoms with van der Waals surface area (Å²) in [6, 6.07) is 1.68. The standard InChI is InChI=1S/C34H32O17/c1-8(35)51-32-28(43)20-22(30(45)34(32,3)48)26(41)18-14(24(20)39)10(37)7-12(50-5)16(18)15-11(49-4)6-9(36)13-17(15)25(40)21-19(23(13)38)27(42)31(46)33(2,47)29(21)44/h6-7,27-32,36-37,42-48H,1-5H3/t27-,28-,29+,30+,31+,32+,33-,34-/m0/s1. The number of aromatic hydroxyl groups is 2. The third-order valence-electron chi connectivity index (χ3n) is 10.00. The van der Waals surface area contributed by atoms with Gasteiger partial charge in [-0.1, -0.05) is 0 Å². The lowest BCUT2D eigenvalue weighted by atomic mass is 9.65. The molecular weight excluding hydrogens is 680 g/mol. The van der Waals surface area contributed by atoms with Gasteiger partial charge in [0.05, 0.1) is 25.3 Å². The van der Waals surface area contributed by atoms with Crippen LogP contribution in [0.2, 0.25) is 0 Å². The van der Waals surface area contributed by atoms with Crippen LogP contribution in [0.5, 0.6) is 23.0 Å². The maximum Gasteiger partial charge on any atom is 0.303 e. The highest BCUT2D eigenvalue weighted by Crippen LogP contribution is 2.54. The summed E-state index contributed by atoms with van der Waals surface area (Å²) in [4.78, 5) is 69.0. The number of esters is 1. The molecule has 270 valence electrons. The monoisotopic (exact) mass is 712 g/mol. The van der Waals surface area contributed by atoms with Crippen molar-refractivity contribution in [2.45, 2.75) is 68.6 Å². The molecule has 17 heteroatoms. The molecule has 17 nitrogen and oxygen atoms in total. The Morgan fingerprint density at radius 3 is 1.37 bits per heavy atom.